The number of esters is 1. The van der Waals surface area contributed by atoms with E-state index in [0.29, 0.717) is 6.42 Å². The Morgan fingerprint density at radius 1 is 1.23 bits per heavy atom. The number of rotatable bonds is 5. The summed E-state index contributed by atoms with van der Waals surface area (Å²) in [6, 6.07) is 5.07. The first-order valence-electron chi connectivity index (χ1n) is 6.75. The Kier molecular flexibility index (Phi) is 8.30. The predicted octanol–water partition coefficient (Wildman–Crippen LogP) is 2.92. The fourth-order valence-electron chi connectivity index (χ4n) is 2.25. The molecule has 1 aromatic carbocycles. The Balaban J connectivity index is 0.00000441. The molecule has 0 saturated carbocycles. The second kappa shape index (κ2) is 8.45. The van der Waals surface area contributed by atoms with Crippen molar-refractivity contribution in [1.29, 1.82) is 0 Å². The molecule has 1 rings (SSSR count). The van der Waals surface area contributed by atoms with E-state index >= 15 is 0 Å². The summed E-state index contributed by atoms with van der Waals surface area (Å²) in [7, 11) is -4.23. The van der Waals surface area contributed by atoms with Gasteiger partial charge < -0.3 is 4.74 Å². The second-order valence-corrected chi connectivity index (χ2v) is 7.92. The van der Waals surface area contributed by atoms with Gasteiger partial charge in [0.25, 0.3) is 10.1 Å². The zero-order chi connectivity index (χ0) is 16.3. The van der Waals surface area contributed by atoms with Crippen LogP contribution in [0.15, 0.2) is 29.2 Å². The summed E-state index contributed by atoms with van der Waals surface area (Å²) in [5.74, 6) is 0.108. The molecular formula is C15H22NaO5S. The fourth-order valence-corrected chi connectivity index (χ4v) is 2.73. The molecule has 22 heavy (non-hydrogen) atoms. The first kappa shape index (κ1) is 21.6. The first-order valence-corrected chi connectivity index (χ1v) is 8.19. The molecule has 0 fully saturated rings. The van der Waals surface area contributed by atoms with Gasteiger partial charge in [-0.3, -0.25) is 9.35 Å². The Labute approximate surface area is 154 Å². The van der Waals surface area contributed by atoms with Gasteiger partial charge in [0.1, 0.15) is 5.75 Å². The SMILES string of the molecule is CC(CC(=O)Oc1ccc(S(=O)(=O)O)cc1)CC(C)(C)C.[Na]. The third-order valence-corrected chi connectivity index (χ3v) is 3.70. The third-order valence-electron chi connectivity index (χ3n) is 2.83. The van der Waals surface area contributed by atoms with Gasteiger partial charge in [0.2, 0.25) is 0 Å². The Bertz CT molecular complexity index is 587. The molecule has 0 aliphatic carbocycles. The predicted molar refractivity (Wildman–Crippen MR) is 85.5 cm³/mol. The second-order valence-electron chi connectivity index (χ2n) is 6.49. The molecule has 0 aliphatic rings. The maximum Gasteiger partial charge on any atom is 0.311 e. The molecule has 7 heteroatoms. The molecule has 0 spiro atoms. The van der Waals surface area contributed by atoms with Crippen molar-refractivity contribution in [3.63, 3.8) is 0 Å². The molecule has 1 radical (unpaired) electrons. The summed E-state index contributed by atoms with van der Waals surface area (Å²) in [6.07, 6.45) is 1.21. The van der Waals surface area contributed by atoms with Gasteiger partial charge >= 0.3 is 5.97 Å². The van der Waals surface area contributed by atoms with Crippen molar-refractivity contribution in [2.24, 2.45) is 11.3 Å². The molecule has 1 unspecified atom stereocenters. The molecule has 1 N–H and O–H groups in total. The van der Waals surface area contributed by atoms with Crippen LogP contribution in [0, 0.1) is 11.3 Å². The van der Waals surface area contributed by atoms with E-state index in [-0.39, 0.29) is 57.5 Å². The molecule has 0 aliphatic heterocycles. The van der Waals surface area contributed by atoms with Gasteiger partial charge in [-0.1, -0.05) is 27.7 Å². The van der Waals surface area contributed by atoms with E-state index in [1.807, 2.05) is 6.92 Å². The summed E-state index contributed by atoms with van der Waals surface area (Å²) in [5, 5.41) is 0. The first-order chi connectivity index (χ1) is 9.47. The van der Waals surface area contributed by atoms with Gasteiger partial charge in [0.15, 0.2) is 0 Å². The number of carbonyl (C=O) groups excluding carboxylic acids is 1. The number of carbonyl (C=O) groups is 1. The van der Waals surface area contributed by atoms with Crippen LogP contribution in [-0.4, -0.2) is 48.5 Å². The van der Waals surface area contributed by atoms with Gasteiger partial charge in [-0.25, -0.2) is 0 Å². The number of hydrogen-bond donors (Lipinski definition) is 1. The topological polar surface area (TPSA) is 80.7 Å². The van der Waals surface area contributed by atoms with Crippen LogP contribution in [-0.2, 0) is 14.9 Å². The van der Waals surface area contributed by atoms with Crippen molar-refractivity contribution >= 4 is 45.6 Å². The minimum atomic E-state index is -4.23. The van der Waals surface area contributed by atoms with Crippen LogP contribution in [0.2, 0.25) is 0 Å². The minimum absolute atomic E-state index is 0. The Morgan fingerprint density at radius 2 is 1.73 bits per heavy atom. The standard InChI is InChI=1S/C15H22O5S.Na/c1-11(10-15(2,3)4)9-14(16)20-12-5-7-13(8-6-12)21(17,18)19;/h5-8,11H,9-10H2,1-4H3,(H,17,18,19);. The summed E-state index contributed by atoms with van der Waals surface area (Å²) in [6.45, 7) is 8.34. The molecular weight excluding hydrogens is 315 g/mol. The molecule has 0 aromatic heterocycles. The molecule has 1 atom stereocenters. The van der Waals surface area contributed by atoms with Gasteiger partial charge in [0.05, 0.1) is 4.90 Å². The quantitative estimate of drug-likeness (QED) is 0.387. The summed E-state index contributed by atoms with van der Waals surface area (Å²) < 4.78 is 35.8. The molecule has 1 aromatic rings. The smallest absolute Gasteiger partial charge is 0.311 e. The van der Waals surface area contributed by atoms with Gasteiger partial charge in [-0.15, -0.1) is 0 Å². The molecule has 0 saturated heterocycles. The normalized spacial score (nSPS) is 13.1. The van der Waals surface area contributed by atoms with Crippen LogP contribution in [0.5, 0.6) is 5.75 Å². The monoisotopic (exact) mass is 337 g/mol. The van der Waals surface area contributed by atoms with E-state index < -0.39 is 10.1 Å². The molecule has 119 valence electrons. The third kappa shape index (κ3) is 8.29. The molecule has 0 amide bonds. The van der Waals surface area contributed by atoms with Gasteiger partial charge in [-0.05, 0) is 42.0 Å². The Morgan fingerprint density at radius 3 is 2.14 bits per heavy atom. The average molecular weight is 337 g/mol. The van der Waals surface area contributed by atoms with Crippen molar-refractivity contribution in [3.05, 3.63) is 24.3 Å². The molecule has 0 heterocycles. The molecule has 0 bridgehead atoms. The van der Waals surface area contributed by atoms with E-state index in [9.17, 15) is 13.2 Å². The van der Waals surface area contributed by atoms with Crippen molar-refractivity contribution in [2.45, 2.75) is 45.4 Å². The van der Waals surface area contributed by atoms with Crippen LogP contribution in [0.3, 0.4) is 0 Å². The van der Waals surface area contributed by atoms with Gasteiger partial charge in [-0.2, -0.15) is 8.42 Å². The average Bonchev–Trinajstić information content (AvgIpc) is 2.25. The van der Waals surface area contributed by atoms with E-state index in [4.69, 9.17) is 9.29 Å². The van der Waals surface area contributed by atoms with Crippen molar-refractivity contribution in [1.82, 2.24) is 0 Å². The zero-order valence-electron chi connectivity index (χ0n) is 13.8. The van der Waals surface area contributed by atoms with Crippen LogP contribution < -0.4 is 4.74 Å². The molecule has 5 nitrogen and oxygen atoms in total. The maximum atomic E-state index is 11.8. The van der Waals surface area contributed by atoms with Crippen LogP contribution in [0.4, 0.5) is 0 Å². The summed E-state index contributed by atoms with van der Waals surface area (Å²) >= 11 is 0. The van der Waals surface area contributed by atoms with Gasteiger partial charge in [0, 0.05) is 36.0 Å². The van der Waals surface area contributed by atoms with E-state index in [2.05, 4.69) is 20.8 Å². The number of hydrogen-bond acceptors (Lipinski definition) is 4. The summed E-state index contributed by atoms with van der Waals surface area (Å²) in [4.78, 5) is 11.6. The zero-order valence-corrected chi connectivity index (χ0v) is 16.6. The maximum absolute atomic E-state index is 11.8. The Hall–Kier alpha value is -0.400. The summed E-state index contributed by atoms with van der Waals surface area (Å²) in [5.41, 5.74) is 0.150. The minimum Gasteiger partial charge on any atom is -0.427 e. The van der Waals surface area contributed by atoms with Crippen LogP contribution in [0.1, 0.15) is 40.5 Å². The van der Waals surface area contributed by atoms with Crippen molar-refractivity contribution in [2.75, 3.05) is 0 Å². The fraction of sp³-hybridized carbons (Fsp3) is 0.533. The van der Waals surface area contributed by atoms with Crippen LogP contribution >= 0.6 is 0 Å². The van der Waals surface area contributed by atoms with E-state index in [1.54, 1.807) is 0 Å². The number of benzene rings is 1. The van der Waals surface area contributed by atoms with Crippen molar-refractivity contribution in [3.8, 4) is 5.75 Å². The van der Waals surface area contributed by atoms with Crippen molar-refractivity contribution < 1.29 is 22.5 Å². The van der Waals surface area contributed by atoms with E-state index in [0.717, 1.165) is 6.42 Å². The largest absolute Gasteiger partial charge is 0.427 e. The van der Waals surface area contributed by atoms with E-state index in [1.165, 1.54) is 24.3 Å². The number of ether oxygens (including phenoxy) is 1. The van der Waals surface area contributed by atoms with Crippen LogP contribution in [0.25, 0.3) is 0 Å².